The Kier molecular flexibility index (Phi) is 5.20. The van der Waals surface area contributed by atoms with Crippen molar-refractivity contribution in [3.8, 4) is 5.69 Å². The molecule has 1 aliphatic heterocycles. The van der Waals surface area contributed by atoms with E-state index in [1.54, 1.807) is 11.0 Å². The van der Waals surface area contributed by atoms with Gasteiger partial charge in [-0.3, -0.25) is 4.79 Å². The summed E-state index contributed by atoms with van der Waals surface area (Å²) in [5, 5.41) is 4.83. The number of thioether (sulfide) groups is 1. The minimum Gasteiger partial charge on any atom is -0.372 e. The zero-order chi connectivity index (χ0) is 17.1. The van der Waals surface area contributed by atoms with Crippen LogP contribution in [0.3, 0.4) is 0 Å². The van der Waals surface area contributed by atoms with E-state index in [1.807, 2.05) is 56.0 Å². The van der Waals surface area contributed by atoms with Crippen LogP contribution >= 0.6 is 11.8 Å². The molecule has 7 heteroatoms. The molecule has 24 heavy (non-hydrogen) atoms. The van der Waals surface area contributed by atoms with Gasteiger partial charge in [0.1, 0.15) is 6.33 Å². The summed E-state index contributed by atoms with van der Waals surface area (Å²) in [4.78, 5) is 18.8. The maximum absolute atomic E-state index is 12.7. The van der Waals surface area contributed by atoms with Crippen molar-refractivity contribution in [2.45, 2.75) is 43.4 Å². The number of nitrogens with zero attached hydrogens (tertiary/aromatic N) is 4. The Labute approximate surface area is 146 Å². The highest BCUT2D eigenvalue weighted by molar-refractivity contribution is 8.00. The fraction of sp³-hybridized carbons (Fsp3) is 0.471. The first kappa shape index (κ1) is 17.0. The summed E-state index contributed by atoms with van der Waals surface area (Å²) in [5.74, 6) is 0.109. The molecule has 2 aromatic rings. The molecule has 0 bridgehead atoms. The number of rotatable bonds is 4. The van der Waals surface area contributed by atoms with Gasteiger partial charge in [-0.2, -0.15) is 0 Å². The molecular weight excluding hydrogens is 324 g/mol. The van der Waals surface area contributed by atoms with E-state index in [4.69, 9.17) is 4.74 Å². The topological polar surface area (TPSA) is 60.2 Å². The van der Waals surface area contributed by atoms with Gasteiger partial charge in [-0.15, -0.1) is 5.10 Å². The number of carbonyl (C=O) groups is 1. The molecule has 3 rings (SSSR count). The first-order valence-corrected chi connectivity index (χ1v) is 8.99. The SMILES string of the molecule is CC1CN(C(=O)C(C)Sc2ncn(-c3ccccc3)n2)CC(C)O1. The highest BCUT2D eigenvalue weighted by atomic mass is 32.2. The number of hydrogen-bond donors (Lipinski definition) is 0. The van der Waals surface area contributed by atoms with Crippen LogP contribution in [-0.2, 0) is 9.53 Å². The Balaban J connectivity index is 1.63. The van der Waals surface area contributed by atoms with Crippen LogP contribution in [0.15, 0.2) is 41.8 Å². The number of hydrogen-bond acceptors (Lipinski definition) is 5. The Morgan fingerprint density at radius 1 is 1.25 bits per heavy atom. The molecule has 0 radical (unpaired) electrons. The summed E-state index contributed by atoms with van der Waals surface area (Å²) < 4.78 is 7.41. The van der Waals surface area contributed by atoms with Crippen molar-refractivity contribution in [1.82, 2.24) is 19.7 Å². The molecule has 2 heterocycles. The summed E-state index contributed by atoms with van der Waals surface area (Å²) in [6, 6.07) is 9.80. The smallest absolute Gasteiger partial charge is 0.236 e. The minimum absolute atomic E-state index is 0.0744. The van der Waals surface area contributed by atoms with E-state index in [0.717, 1.165) is 5.69 Å². The molecule has 0 aliphatic carbocycles. The van der Waals surface area contributed by atoms with Crippen molar-refractivity contribution in [1.29, 1.82) is 0 Å². The first-order valence-electron chi connectivity index (χ1n) is 8.11. The van der Waals surface area contributed by atoms with Crippen LogP contribution in [0.5, 0.6) is 0 Å². The molecule has 1 aliphatic rings. The molecule has 3 unspecified atom stereocenters. The third kappa shape index (κ3) is 3.96. The fourth-order valence-corrected chi connectivity index (χ4v) is 3.64. The maximum Gasteiger partial charge on any atom is 0.236 e. The molecule has 1 aromatic heterocycles. The summed E-state index contributed by atoms with van der Waals surface area (Å²) in [5.41, 5.74) is 0.951. The van der Waals surface area contributed by atoms with Gasteiger partial charge in [0.2, 0.25) is 11.1 Å². The molecule has 3 atom stereocenters. The van der Waals surface area contributed by atoms with Crippen LogP contribution in [0.4, 0.5) is 0 Å². The summed E-state index contributed by atoms with van der Waals surface area (Å²) in [6.07, 6.45) is 1.82. The molecule has 1 saturated heterocycles. The van der Waals surface area contributed by atoms with Crippen molar-refractivity contribution >= 4 is 17.7 Å². The third-order valence-corrected chi connectivity index (χ3v) is 4.81. The van der Waals surface area contributed by atoms with E-state index in [0.29, 0.717) is 18.2 Å². The average molecular weight is 346 g/mol. The van der Waals surface area contributed by atoms with Crippen LogP contribution in [0, 0.1) is 0 Å². The Bertz CT molecular complexity index is 681. The molecule has 1 amide bonds. The standard InChI is InChI=1S/C17H22N4O2S/c1-12-9-20(10-13(2)23-12)16(22)14(3)24-17-18-11-21(19-17)15-7-5-4-6-8-15/h4-8,11-14H,9-10H2,1-3H3. The number of benzene rings is 1. The van der Waals surface area contributed by atoms with E-state index in [-0.39, 0.29) is 23.4 Å². The second-order valence-corrected chi connectivity index (χ2v) is 7.38. The average Bonchev–Trinajstić information content (AvgIpc) is 3.02. The predicted molar refractivity (Wildman–Crippen MR) is 93.3 cm³/mol. The van der Waals surface area contributed by atoms with E-state index in [9.17, 15) is 4.79 Å². The molecule has 0 saturated carbocycles. The van der Waals surface area contributed by atoms with Gasteiger partial charge in [0.05, 0.1) is 23.1 Å². The van der Waals surface area contributed by atoms with Crippen LogP contribution in [0.2, 0.25) is 0 Å². The zero-order valence-electron chi connectivity index (χ0n) is 14.1. The van der Waals surface area contributed by atoms with Crippen molar-refractivity contribution in [2.75, 3.05) is 13.1 Å². The lowest BCUT2D eigenvalue weighted by Gasteiger charge is -2.36. The largest absolute Gasteiger partial charge is 0.372 e. The monoisotopic (exact) mass is 346 g/mol. The van der Waals surface area contributed by atoms with E-state index < -0.39 is 0 Å². The van der Waals surface area contributed by atoms with Gasteiger partial charge in [0.25, 0.3) is 0 Å². The van der Waals surface area contributed by atoms with Gasteiger partial charge in [-0.1, -0.05) is 30.0 Å². The fourth-order valence-electron chi connectivity index (χ4n) is 2.83. The van der Waals surface area contributed by atoms with Crippen LogP contribution in [-0.4, -0.2) is 56.1 Å². The predicted octanol–water partition coefficient (Wildman–Crippen LogP) is 2.38. The number of amides is 1. The van der Waals surface area contributed by atoms with E-state index in [2.05, 4.69) is 10.1 Å². The van der Waals surface area contributed by atoms with Crippen LogP contribution < -0.4 is 0 Å². The minimum atomic E-state index is -0.228. The molecule has 1 aromatic carbocycles. The van der Waals surface area contributed by atoms with Gasteiger partial charge in [-0.05, 0) is 32.9 Å². The van der Waals surface area contributed by atoms with E-state index in [1.165, 1.54) is 11.8 Å². The number of ether oxygens (including phenoxy) is 1. The number of morpholine rings is 1. The maximum atomic E-state index is 12.7. The lowest BCUT2D eigenvalue weighted by atomic mass is 10.2. The summed E-state index contributed by atoms with van der Waals surface area (Å²) in [6.45, 7) is 7.18. The second kappa shape index (κ2) is 7.36. The highest BCUT2D eigenvalue weighted by Gasteiger charge is 2.29. The van der Waals surface area contributed by atoms with Crippen molar-refractivity contribution in [3.63, 3.8) is 0 Å². The van der Waals surface area contributed by atoms with Crippen molar-refractivity contribution in [3.05, 3.63) is 36.7 Å². The lowest BCUT2D eigenvalue weighted by molar-refractivity contribution is -0.142. The Hall–Kier alpha value is -1.86. The van der Waals surface area contributed by atoms with Crippen molar-refractivity contribution < 1.29 is 9.53 Å². The number of carbonyl (C=O) groups excluding carboxylic acids is 1. The van der Waals surface area contributed by atoms with Crippen molar-refractivity contribution in [2.24, 2.45) is 0 Å². The third-order valence-electron chi connectivity index (χ3n) is 3.85. The van der Waals surface area contributed by atoms with Gasteiger partial charge in [-0.25, -0.2) is 9.67 Å². The summed E-state index contributed by atoms with van der Waals surface area (Å²) in [7, 11) is 0. The van der Waals surface area contributed by atoms with Gasteiger partial charge in [0, 0.05) is 13.1 Å². The zero-order valence-corrected chi connectivity index (χ0v) is 14.9. The quantitative estimate of drug-likeness (QED) is 0.796. The number of para-hydroxylation sites is 1. The highest BCUT2D eigenvalue weighted by Crippen LogP contribution is 2.23. The lowest BCUT2D eigenvalue weighted by Crippen LogP contribution is -2.50. The Morgan fingerprint density at radius 3 is 2.58 bits per heavy atom. The second-order valence-electron chi connectivity index (χ2n) is 6.07. The Morgan fingerprint density at radius 2 is 1.92 bits per heavy atom. The number of aromatic nitrogens is 3. The molecule has 1 fully saturated rings. The van der Waals surface area contributed by atoms with Gasteiger partial charge < -0.3 is 9.64 Å². The molecule has 0 N–H and O–H groups in total. The normalized spacial score (nSPS) is 22.4. The molecule has 128 valence electrons. The molecule has 0 spiro atoms. The van der Waals surface area contributed by atoms with E-state index >= 15 is 0 Å². The van der Waals surface area contributed by atoms with Gasteiger partial charge >= 0.3 is 0 Å². The van der Waals surface area contributed by atoms with Gasteiger partial charge in [0.15, 0.2) is 0 Å². The summed E-state index contributed by atoms with van der Waals surface area (Å²) >= 11 is 1.39. The molecule has 6 nitrogen and oxygen atoms in total. The van der Waals surface area contributed by atoms with Crippen LogP contribution in [0.25, 0.3) is 5.69 Å². The molecular formula is C17H22N4O2S. The van der Waals surface area contributed by atoms with Crippen LogP contribution in [0.1, 0.15) is 20.8 Å². The first-order chi connectivity index (χ1) is 11.5.